The number of nitrogens with two attached hydrogens (primary N) is 1. The number of methoxy groups -OCH3 is 1. The van der Waals surface area contributed by atoms with Gasteiger partial charge in [-0.05, 0) is 6.07 Å². The van der Waals surface area contributed by atoms with Crippen LogP contribution in [0.1, 0.15) is 0 Å². The molecular formula is C13H15N7O3S. The summed E-state index contributed by atoms with van der Waals surface area (Å²) >= 11 is 0. The number of nitrogen functional groups attached to an aromatic ring is 1. The van der Waals surface area contributed by atoms with E-state index in [0.29, 0.717) is 22.3 Å². The van der Waals surface area contributed by atoms with Gasteiger partial charge in [0.2, 0.25) is 15.9 Å². The molecule has 0 aliphatic carbocycles. The molecule has 3 N–H and O–H groups in total. The summed E-state index contributed by atoms with van der Waals surface area (Å²) in [5.74, 6) is 0.421. The summed E-state index contributed by atoms with van der Waals surface area (Å²) in [6.45, 7) is 0. The average molecular weight is 349 g/mol. The fourth-order valence-corrected chi connectivity index (χ4v) is 2.87. The van der Waals surface area contributed by atoms with Gasteiger partial charge in [-0.2, -0.15) is 5.10 Å². The molecule has 0 radical (unpaired) electrons. The second kappa shape index (κ2) is 5.60. The first-order valence-corrected chi connectivity index (χ1v) is 8.64. The van der Waals surface area contributed by atoms with E-state index in [9.17, 15) is 8.42 Å². The summed E-state index contributed by atoms with van der Waals surface area (Å²) < 4.78 is 32.1. The van der Waals surface area contributed by atoms with Gasteiger partial charge in [0.25, 0.3) is 0 Å². The molecule has 3 heterocycles. The zero-order valence-corrected chi connectivity index (χ0v) is 14.0. The predicted molar refractivity (Wildman–Crippen MR) is 89.0 cm³/mol. The Kier molecular flexibility index (Phi) is 3.72. The smallest absolute Gasteiger partial charge is 0.238 e. The lowest BCUT2D eigenvalue weighted by Gasteiger charge is -2.10. The third-order valence-electron chi connectivity index (χ3n) is 3.26. The van der Waals surface area contributed by atoms with Gasteiger partial charge in [-0.15, -0.1) is 0 Å². The number of nitrogens with zero attached hydrogens (tertiary/aromatic N) is 5. The van der Waals surface area contributed by atoms with Crippen molar-refractivity contribution in [2.45, 2.75) is 0 Å². The zero-order chi connectivity index (χ0) is 17.5. The first kappa shape index (κ1) is 15.9. The fourth-order valence-electron chi connectivity index (χ4n) is 2.33. The van der Waals surface area contributed by atoms with Crippen molar-refractivity contribution in [3.63, 3.8) is 0 Å². The van der Waals surface area contributed by atoms with Crippen molar-refractivity contribution in [2.24, 2.45) is 7.05 Å². The van der Waals surface area contributed by atoms with Crippen molar-refractivity contribution in [2.75, 3.05) is 23.8 Å². The lowest BCUT2D eigenvalue weighted by atomic mass is 10.1. The molecule has 0 saturated heterocycles. The van der Waals surface area contributed by atoms with Crippen molar-refractivity contribution in [1.82, 2.24) is 24.7 Å². The number of aromatic nitrogens is 5. The van der Waals surface area contributed by atoms with E-state index in [1.54, 1.807) is 17.8 Å². The number of pyridine rings is 1. The Balaban J connectivity index is 2.22. The van der Waals surface area contributed by atoms with Crippen LogP contribution in [0.3, 0.4) is 0 Å². The highest BCUT2D eigenvalue weighted by Crippen LogP contribution is 2.33. The van der Waals surface area contributed by atoms with Gasteiger partial charge in [0, 0.05) is 18.8 Å². The number of fused-ring (bicyclic) bond motifs is 1. The van der Waals surface area contributed by atoms with E-state index in [1.165, 1.54) is 19.6 Å². The average Bonchev–Trinajstić information content (AvgIpc) is 2.84. The molecule has 0 atom stereocenters. The number of rotatable bonds is 4. The summed E-state index contributed by atoms with van der Waals surface area (Å²) in [5, 5.41) is 4.96. The highest BCUT2D eigenvalue weighted by Gasteiger charge is 2.18. The molecule has 0 bridgehead atoms. The van der Waals surface area contributed by atoms with Gasteiger partial charge in [0.15, 0.2) is 5.65 Å². The Labute approximate surface area is 137 Å². The van der Waals surface area contributed by atoms with E-state index in [0.717, 1.165) is 6.26 Å². The first-order chi connectivity index (χ1) is 11.3. The van der Waals surface area contributed by atoms with Gasteiger partial charge >= 0.3 is 0 Å². The maximum absolute atomic E-state index is 11.5. The van der Waals surface area contributed by atoms with Crippen LogP contribution in [0.4, 0.5) is 11.5 Å². The largest absolute Gasteiger partial charge is 0.480 e. The van der Waals surface area contributed by atoms with E-state index < -0.39 is 10.0 Å². The van der Waals surface area contributed by atoms with Gasteiger partial charge < -0.3 is 10.5 Å². The van der Waals surface area contributed by atoms with Crippen molar-refractivity contribution < 1.29 is 13.2 Å². The lowest BCUT2D eigenvalue weighted by Crippen LogP contribution is -2.11. The molecule has 0 saturated carbocycles. The molecule has 0 aliphatic heterocycles. The van der Waals surface area contributed by atoms with Crippen molar-refractivity contribution in [3.05, 3.63) is 18.6 Å². The SMILES string of the molecule is COc1ncc(-c2nn(C)c3ncnc(N)c23)cc1NS(C)(=O)=O. The topological polar surface area (TPSA) is 138 Å². The Morgan fingerprint density at radius 3 is 2.71 bits per heavy atom. The highest BCUT2D eigenvalue weighted by molar-refractivity contribution is 7.92. The van der Waals surface area contributed by atoms with Crippen molar-refractivity contribution in [3.8, 4) is 17.1 Å². The molecule has 0 unspecified atom stereocenters. The van der Waals surface area contributed by atoms with E-state index in [2.05, 4.69) is 24.8 Å². The molecule has 10 nitrogen and oxygen atoms in total. The predicted octanol–water partition coefficient (Wildman–Crippen LogP) is 0.388. The number of nitrogens with one attached hydrogen (secondary N) is 1. The molecule has 3 aromatic heterocycles. The van der Waals surface area contributed by atoms with Crippen LogP contribution in [0.2, 0.25) is 0 Å². The van der Waals surface area contributed by atoms with Gasteiger partial charge in [0.1, 0.15) is 23.5 Å². The number of ether oxygens (including phenoxy) is 1. The molecule has 0 aliphatic rings. The molecule has 0 spiro atoms. The molecule has 3 rings (SSSR count). The molecule has 0 aromatic carbocycles. The molecule has 11 heteroatoms. The number of hydrogen-bond acceptors (Lipinski definition) is 8. The summed E-state index contributed by atoms with van der Waals surface area (Å²) in [6, 6.07) is 1.57. The Bertz CT molecular complexity index is 1030. The minimum absolute atomic E-state index is 0.147. The minimum Gasteiger partial charge on any atom is -0.480 e. The van der Waals surface area contributed by atoms with Gasteiger partial charge in [-0.25, -0.2) is 28.1 Å². The summed E-state index contributed by atoms with van der Waals surface area (Å²) in [6.07, 6.45) is 3.91. The third kappa shape index (κ3) is 2.80. The Morgan fingerprint density at radius 2 is 2.04 bits per heavy atom. The second-order valence-corrected chi connectivity index (χ2v) is 6.83. The van der Waals surface area contributed by atoms with Crippen molar-refractivity contribution in [1.29, 1.82) is 0 Å². The van der Waals surface area contributed by atoms with Crippen LogP contribution in [-0.4, -0.2) is 46.5 Å². The van der Waals surface area contributed by atoms with Crippen LogP contribution in [0.15, 0.2) is 18.6 Å². The van der Waals surface area contributed by atoms with Crippen LogP contribution in [-0.2, 0) is 17.1 Å². The Morgan fingerprint density at radius 1 is 1.29 bits per heavy atom. The molecule has 0 fully saturated rings. The second-order valence-electron chi connectivity index (χ2n) is 5.08. The maximum atomic E-state index is 11.5. The minimum atomic E-state index is -3.50. The van der Waals surface area contributed by atoms with Crippen LogP contribution in [0.5, 0.6) is 5.88 Å². The molecule has 126 valence electrons. The summed E-state index contributed by atoms with van der Waals surface area (Å²) in [7, 11) is -0.372. The van der Waals surface area contributed by atoms with E-state index in [-0.39, 0.29) is 17.4 Å². The monoisotopic (exact) mass is 349 g/mol. The van der Waals surface area contributed by atoms with Gasteiger partial charge in [-0.3, -0.25) is 4.72 Å². The maximum Gasteiger partial charge on any atom is 0.238 e. The zero-order valence-electron chi connectivity index (χ0n) is 13.2. The van der Waals surface area contributed by atoms with Crippen LogP contribution in [0.25, 0.3) is 22.3 Å². The Hall–Kier alpha value is -2.95. The third-order valence-corrected chi connectivity index (χ3v) is 3.85. The van der Waals surface area contributed by atoms with E-state index in [4.69, 9.17) is 10.5 Å². The van der Waals surface area contributed by atoms with Crippen molar-refractivity contribution >= 4 is 32.6 Å². The van der Waals surface area contributed by atoms with Gasteiger partial charge in [0.05, 0.1) is 18.8 Å². The first-order valence-electron chi connectivity index (χ1n) is 6.75. The quantitative estimate of drug-likeness (QED) is 0.690. The van der Waals surface area contributed by atoms with Crippen LogP contribution < -0.4 is 15.2 Å². The number of anilines is 2. The van der Waals surface area contributed by atoms with Crippen LogP contribution >= 0.6 is 0 Å². The molecule has 0 amide bonds. The van der Waals surface area contributed by atoms with Gasteiger partial charge in [-0.1, -0.05) is 0 Å². The fraction of sp³-hybridized carbons (Fsp3) is 0.231. The molecule has 3 aromatic rings. The summed E-state index contributed by atoms with van der Waals surface area (Å²) in [4.78, 5) is 12.3. The standard InChI is InChI=1S/C13H15N7O3S/c1-20-12-9(11(14)16-6-17-12)10(18-20)7-4-8(19-24(3,21)22)13(23-2)15-5-7/h4-6,19H,1-3H3,(H2,14,16,17). The number of hydrogen-bond donors (Lipinski definition) is 2. The molecular weight excluding hydrogens is 334 g/mol. The number of aryl methyl sites for hydroxylation is 1. The summed E-state index contributed by atoms with van der Waals surface area (Å²) in [5.41, 5.74) is 7.75. The van der Waals surface area contributed by atoms with E-state index in [1.807, 2.05) is 0 Å². The normalized spacial score (nSPS) is 11.6. The van der Waals surface area contributed by atoms with E-state index >= 15 is 0 Å². The van der Waals surface area contributed by atoms with Crippen LogP contribution in [0, 0.1) is 0 Å². The molecule has 24 heavy (non-hydrogen) atoms. The lowest BCUT2D eigenvalue weighted by molar-refractivity contribution is 0.400. The highest BCUT2D eigenvalue weighted by atomic mass is 32.2. The number of sulfonamides is 1.